The molecule has 1 N–H and O–H groups in total. The molecule has 2 heterocycles. The highest BCUT2D eigenvalue weighted by Crippen LogP contribution is 2.44. The zero-order chi connectivity index (χ0) is 28.8. The largest absolute Gasteiger partial charge is 0.507 e. The van der Waals surface area contributed by atoms with Gasteiger partial charge in [-0.25, -0.2) is 9.78 Å². The maximum Gasteiger partial charge on any atom is 0.350 e. The monoisotopic (exact) mass is 564 g/mol. The molecule has 1 saturated heterocycles. The molecule has 0 radical (unpaired) electrons. The van der Waals surface area contributed by atoms with Crippen molar-refractivity contribution >= 4 is 39.9 Å². The number of carbonyl (C=O) groups excluding carboxylic acids is 3. The summed E-state index contributed by atoms with van der Waals surface area (Å²) in [7, 11) is 1.26. The average molecular weight is 565 g/mol. The first kappa shape index (κ1) is 28.8. The van der Waals surface area contributed by atoms with Gasteiger partial charge in [0.25, 0.3) is 5.78 Å². The number of esters is 1. The Morgan fingerprint density at radius 3 is 2.42 bits per heavy atom. The summed E-state index contributed by atoms with van der Waals surface area (Å²) in [6, 6.07) is 12.8. The van der Waals surface area contributed by atoms with E-state index in [0.29, 0.717) is 41.5 Å². The van der Waals surface area contributed by atoms with Crippen molar-refractivity contribution in [3.8, 4) is 11.5 Å². The van der Waals surface area contributed by atoms with Gasteiger partial charge in [0.2, 0.25) is 0 Å². The zero-order valence-corrected chi connectivity index (χ0v) is 23.7. The Bertz CT molecular complexity index is 1430. The Morgan fingerprint density at radius 2 is 1.75 bits per heavy atom. The first-order valence-corrected chi connectivity index (χ1v) is 13.9. The fourth-order valence-electron chi connectivity index (χ4n) is 4.30. The second-order valence-electron chi connectivity index (χ2n) is 9.22. The van der Waals surface area contributed by atoms with E-state index in [1.54, 1.807) is 55.5 Å². The number of methoxy groups -OCH3 is 1. The first-order valence-electron chi connectivity index (χ1n) is 13.1. The molecule has 1 amide bonds. The number of rotatable bonds is 11. The van der Waals surface area contributed by atoms with E-state index in [-0.39, 0.29) is 21.3 Å². The fourth-order valence-corrected chi connectivity index (χ4v) is 5.31. The summed E-state index contributed by atoms with van der Waals surface area (Å²) in [5.41, 5.74) is 1.17. The molecule has 1 fully saturated rings. The van der Waals surface area contributed by atoms with E-state index < -0.39 is 23.7 Å². The second-order valence-corrected chi connectivity index (χ2v) is 10.2. The van der Waals surface area contributed by atoms with E-state index in [1.165, 1.54) is 12.0 Å². The predicted molar refractivity (Wildman–Crippen MR) is 152 cm³/mol. The van der Waals surface area contributed by atoms with Crippen LogP contribution in [-0.4, -0.2) is 48.1 Å². The van der Waals surface area contributed by atoms with Crippen molar-refractivity contribution < 1.29 is 33.7 Å². The van der Waals surface area contributed by atoms with Gasteiger partial charge in [-0.3, -0.25) is 14.5 Å². The van der Waals surface area contributed by atoms with E-state index in [2.05, 4.69) is 11.9 Å². The van der Waals surface area contributed by atoms with Gasteiger partial charge in [-0.2, -0.15) is 0 Å². The van der Waals surface area contributed by atoms with Gasteiger partial charge in [-0.15, -0.1) is 0 Å². The van der Waals surface area contributed by atoms with Crippen molar-refractivity contribution in [1.82, 2.24) is 4.98 Å². The minimum Gasteiger partial charge on any atom is -0.507 e. The van der Waals surface area contributed by atoms with Crippen molar-refractivity contribution in [1.29, 1.82) is 0 Å². The molecule has 1 aromatic heterocycles. The van der Waals surface area contributed by atoms with Crippen molar-refractivity contribution in [3.63, 3.8) is 0 Å². The van der Waals surface area contributed by atoms with Crippen molar-refractivity contribution in [2.45, 2.75) is 46.1 Å². The van der Waals surface area contributed by atoms with Gasteiger partial charge >= 0.3 is 11.9 Å². The Hall–Kier alpha value is -4.18. The van der Waals surface area contributed by atoms with Crippen molar-refractivity contribution in [2.75, 3.05) is 25.2 Å². The van der Waals surface area contributed by atoms with Crippen LogP contribution in [0, 0.1) is 6.92 Å². The van der Waals surface area contributed by atoms with Crippen LogP contribution in [0.2, 0.25) is 0 Å². The van der Waals surface area contributed by atoms with Crippen LogP contribution in [0.3, 0.4) is 0 Å². The lowest BCUT2D eigenvalue weighted by Crippen LogP contribution is -2.29. The van der Waals surface area contributed by atoms with E-state index >= 15 is 0 Å². The molecule has 1 unspecified atom stereocenters. The smallest absolute Gasteiger partial charge is 0.350 e. The molecule has 3 aromatic rings. The zero-order valence-electron chi connectivity index (χ0n) is 22.9. The normalized spacial score (nSPS) is 16.3. The van der Waals surface area contributed by atoms with Gasteiger partial charge in [0.1, 0.15) is 22.1 Å². The maximum atomic E-state index is 13.5. The standard InChI is InChI=1S/C30H32N2O7S/c1-5-7-16-39-21-13-11-19(12-14-21)24-23(25(33)20-9-8-10-22(17-20)38-15-6-2)26(34)28(35)32(24)30-31-18(3)27(40-30)29(36)37-4/h8-14,17,24,33H,5-7,15-16H2,1-4H3. The van der Waals surface area contributed by atoms with E-state index in [9.17, 15) is 19.5 Å². The average Bonchev–Trinajstić information content (AvgIpc) is 3.48. The lowest BCUT2D eigenvalue weighted by Gasteiger charge is -2.23. The molecule has 210 valence electrons. The van der Waals surface area contributed by atoms with Crippen LogP contribution in [0.4, 0.5) is 5.13 Å². The van der Waals surface area contributed by atoms with Crippen LogP contribution in [-0.2, 0) is 14.3 Å². The van der Waals surface area contributed by atoms with Gasteiger partial charge in [0.15, 0.2) is 5.13 Å². The lowest BCUT2D eigenvalue weighted by molar-refractivity contribution is -0.132. The van der Waals surface area contributed by atoms with Gasteiger partial charge in [-0.1, -0.05) is 55.9 Å². The van der Waals surface area contributed by atoms with Gasteiger partial charge in [0.05, 0.1) is 37.6 Å². The predicted octanol–water partition coefficient (Wildman–Crippen LogP) is 5.83. The number of aliphatic hydroxyl groups excluding tert-OH is 1. The van der Waals surface area contributed by atoms with Crippen molar-refractivity contribution in [3.05, 3.63) is 75.8 Å². The lowest BCUT2D eigenvalue weighted by atomic mass is 9.95. The Kier molecular flexibility index (Phi) is 9.21. The number of ether oxygens (including phenoxy) is 3. The van der Waals surface area contributed by atoms with Crippen LogP contribution in [0.5, 0.6) is 11.5 Å². The molecule has 4 rings (SSSR count). The summed E-state index contributed by atoms with van der Waals surface area (Å²) in [5.74, 6) is -1.47. The van der Waals surface area contributed by atoms with Crippen LogP contribution in [0.15, 0.2) is 54.1 Å². The summed E-state index contributed by atoms with van der Waals surface area (Å²) < 4.78 is 16.3. The first-order chi connectivity index (χ1) is 19.3. The number of unbranched alkanes of at least 4 members (excludes halogenated alkanes) is 1. The number of thiazole rings is 1. The molecule has 9 nitrogen and oxygen atoms in total. The summed E-state index contributed by atoms with van der Waals surface area (Å²) in [5, 5.41) is 11.6. The minimum absolute atomic E-state index is 0.0928. The Morgan fingerprint density at radius 1 is 1.02 bits per heavy atom. The molecule has 2 aromatic carbocycles. The number of anilines is 1. The minimum atomic E-state index is -0.999. The SMILES string of the molecule is CCCCOc1ccc(C2C(=C(O)c3cccc(OCCC)c3)C(=O)C(=O)N2c2nc(C)c(C(=O)OC)s2)cc1. The number of aliphatic hydroxyl groups is 1. The number of hydrogen-bond acceptors (Lipinski definition) is 9. The van der Waals surface area contributed by atoms with Gasteiger partial charge < -0.3 is 19.3 Å². The number of hydrogen-bond donors (Lipinski definition) is 1. The van der Waals surface area contributed by atoms with E-state index in [0.717, 1.165) is 30.6 Å². The van der Waals surface area contributed by atoms with E-state index in [1.807, 2.05) is 6.92 Å². The highest BCUT2D eigenvalue weighted by Gasteiger charge is 2.48. The molecule has 0 aliphatic carbocycles. The molecule has 1 aliphatic heterocycles. The third-order valence-electron chi connectivity index (χ3n) is 6.35. The van der Waals surface area contributed by atoms with Crippen LogP contribution in [0.1, 0.15) is 65.6 Å². The molecule has 1 aliphatic rings. The van der Waals surface area contributed by atoms with Crippen LogP contribution in [0.25, 0.3) is 5.76 Å². The summed E-state index contributed by atoms with van der Waals surface area (Å²) >= 11 is 0.950. The molecule has 0 saturated carbocycles. The Balaban J connectivity index is 1.84. The fraction of sp³-hybridized carbons (Fsp3) is 0.333. The number of amides is 1. The number of ketones is 1. The highest BCUT2D eigenvalue weighted by atomic mass is 32.1. The number of nitrogens with zero attached hydrogens (tertiary/aromatic N) is 2. The number of aromatic nitrogens is 1. The second kappa shape index (κ2) is 12.8. The van der Waals surface area contributed by atoms with Crippen LogP contribution >= 0.6 is 11.3 Å². The summed E-state index contributed by atoms with van der Waals surface area (Å²) in [6.07, 6.45) is 2.72. The third-order valence-corrected chi connectivity index (χ3v) is 7.49. The molecular weight excluding hydrogens is 532 g/mol. The number of Topliss-reactive ketones (excluding diaryl/α,β-unsaturated/α-hetero) is 1. The summed E-state index contributed by atoms with van der Waals surface area (Å²) in [4.78, 5) is 45.1. The van der Waals surface area contributed by atoms with Crippen LogP contribution < -0.4 is 14.4 Å². The number of carbonyl (C=O) groups is 3. The third kappa shape index (κ3) is 5.86. The molecule has 40 heavy (non-hydrogen) atoms. The van der Waals surface area contributed by atoms with E-state index in [4.69, 9.17) is 14.2 Å². The maximum absolute atomic E-state index is 13.5. The Labute approximate surface area is 237 Å². The van der Waals surface area contributed by atoms with Crippen molar-refractivity contribution in [2.24, 2.45) is 0 Å². The van der Waals surface area contributed by atoms with Gasteiger partial charge in [0, 0.05) is 5.56 Å². The molecule has 0 spiro atoms. The summed E-state index contributed by atoms with van der Waals surface area (Å²) in [6.45, 7) is 6.75. The molecular formula is C30H32N2O7S. The molecule has 0 bridgehead atoms. The molecule has 10 heteroatoms. The highest BCUT2D eigenvalue weighted by molar-refractivity contribution is 7.17. The molecule has 1 atom stereocenters. The topological polar surface area (TPSA) is 115 Å². The number of aryl methyl sites for hydroxylation is 1. The van der Waals surface area contributed by atoms with Gasteiger partial charge in [-0.05, 0) is 49.6 Å². The quantitative estimate of drug-likeness (QED) is 0.102. The number of benzene rings is 2.